The number of thiazole rings is 1. The maximum Gasteiger partial charge on any atom is 0.325 e. The molecule has 3 aliphatic heterocycles. The van der Waals surface area contributed by atoms with Crippen LogP contribution in [-0.4, -0.2) is 95.3 Å². The molecule has 0 aliphatic carbocycles. The fraction of sp³-hybridized carbons (Fsp3) is 0.385. The molecule has 0 bridgehead atoms. The number of rotatable bonds is 6. The van der Waals surface area contributed by atoms with Crippen molar-refractivity contribution in [1.82, 2.24) is 25.0 Å². The van der Waals surface area contributed by atoms with Crippen LogP contribution in [0.25, 0.3) is 10.2 Å². The lowest BCUT2D eigenvalue weighted by molar-refractivity contribution is -0.127. The number of imide groups is 1. The second-order valence-electron chi connectivity index (χ2n) is 9.35. The maximum atomic E-state index is 12.9. The highest BCUT2D eigenvalue weighted by atomic mass is 32.2. The number of aliphatic imine (C=N–C) groups is 1. The molecule has 192 valence electrons. The molecule has 0 radical (unpaired) electrons. The zero-order valence-electron chi connectivity index (χ0n) is 20.6. The largest absolute Gasteiger partial charge is 0.368 e. The van der Waals surface area contributed by atoms with Gasteiger partial charge in [-0.15, -0.1) is 11.3 Å². The monoisotopic (exact) mass is 535 g/mol. The number of hydrogen-bond acceptors (Lipinski definition) is 9. The molecule has 0 spiro atoms. The second kappa shape index (κ2) is 10.2. The van der Waals surface area contributed by atoms with Gasteiger partial charge in [-0.05, 0) is 30.7 Å². The highest BCUT2D eigenvalue weighted by Crippen LogP contribution is 2.31. The summed E-state index contributed by atoms with van der Waals surface area (Å²) in [5.41, 5.74) is 2.26. The number of hydrogen-bond donors (Lipinski definition) is 1. The van der Waals surface area contributed by atoms with Gasteiger partial charge < -0.3 is 19.6 Å². The number of nitrogens with zero attached hydrogens (tertiary/aromatic N) is 6. The van der Waals surface area contributed by atoms with Crippen molar-refractivity contribution >= 4 is 56.9 Å². The van der Waals surface area contributed by atoms with Crippen molar-refractivity contribution in [2.75, 3.05) is 50.4 Å². The van der Waals surface area contributed by atoms with Gasteiger partial charge in [0, 0.05) is 51.2 Å². The molecule has 6 rings (SSSR count). The van der Waals surface area contributed by atoms with E-state index < -0.39 is 18.2 Å². The number of fused-ring (bicyclic) bond motifs is 2. The zero-order valence-corrected chi connectivity index (χ0v) is 22.2. The predicted octanol–water partition coefficient (Wildman–Crippen LogP) is 3.15. The molecule has 1 aromatic heterocycles. The van der Waals surface area contributed by atoms with E-state index in [0.717, 1.165) is 54.2 Å². The van der Waals surface area contributed by atoms with Gasteiger partial charge in [0.05, 0.1) is 10.2 Å². The van der Waals surface area contributed by atoms with Crippen LogP contribution in [0.15, 0.2) is 63.9 Å². The minimum absolute atomic E-state index is 0.270. The van der Waals surface area contributed by atoms with E-state index in [1.807, 2.05) is 24.3 Å². The molecule has 3 amide bonds. The third kappa shape index (κ3) is 4.73. The minimum atomic E-state index is -0.502. The summed E-state index contributed by atoms with van der Waals surface area (Å²) < 4.78 is 2.26. The number of aromatic nitrogens is 1. The average Bonchev–Trinajstić information content (AvgIpc) is 3.52. The summed E-state index contributed by atoms with van der Waals surface area (Å²) in [7, 11) is 1.71. The van der Waals surface area contributed by atoms with Crippen LogP contribution in [0.1, 0.15) is 6.42 Å². The number of guanidine groups is 1. The van der Waals surface area contributed by atoms with E-state index >= 15 is 0 Å². The van der Waals surface area contributed by atoms with Crippen molar-refractivity contribution in [2.45, 2.75) is 23.0 Å². The summed E-state index contributed by atoms with van der Waals surface area (Å²) in [6, 6.07) is 17.7. The van der Waals surface area contributed by atoms with Gasteiger partial charge in [0.15, 0.2) is 22.5 Å². The smallest absolute Gasteiger partial charge is 0.325 e. The summed E-state index contributed by atoms with van der Waals surface area (Å²) >= 11 is 3.46. The van der Waals surface area contributed by atoms with Crippen LogP contribution in [0, 0.1) is 0 Å². The van der Waals surface area contributed by atoms with E-state index in [9.17, 15) is 9.59 Å². The van der Waals surface area contributed by atoms with E-state index in [0.29, 0.717) is 6.54 Å². The van der Waals surface area contributed by atoms with Crippen LogP contribution in [0.5, 0.6) is 0 Å². The molecule has 2 aromatic carbocycles. The molecule has 2 unspecified atom stereocenters. The van der Waals surface area contributed by atoms with Crippen LogP contribution in [-0.2, 0) is 4.79 Å². The first-order chi connectivity index (χ1) is 18.1. The SMILES string of the molecule is CN1C(=O)NC(=O)C2C1N=C(N1CCN(c3ccccc3)CC1)N2CCCSc1nc2ccccc2s1. The standard InChI is InChI=1S/C26H29N7O2S2/c1-30-22-21(23(34)29-25(30)35)33(12-7-17-36-26-27-19-10-5-6-11-20(19)37-26)24(28-22)32-15-13-31(14-16-32)18-8-3-2-4-9-18/h2-6,8-11,21-22H,7,12-17H2,1H3,(H,29,34,35). The third-order valence-electron chi connectivity index (χ3n) is 7.07. The molecule has 3 aromatic rings. The first kappa shape index (κ1) is 24.1. The lowest BCUT2D eigenvalue weighted by Gasteiger charge is -2.41. The number of urea groups is 1. The normalized spacial score (nSPS) is 21.9. The van der Waals surface area contributed by atoms with E-state index in [1.165, 1.54) is 10.4 Å². The maximum absolute atomic E-state index is 12.9. The number of benzene rings is 2. The van der Waals surface area contributed by atoms with Crippen LogP contribution >= 0.6 is 23.1 Å². The summed E-state index contributed by atoms with van der Waals surface area (Å²) in [5.74, 6) is 1.44. The molecule has 2 saturated heterocycles. The Bertz CT molecular complexity index is 1290. The van der Waals surface area contributed by atoms with Crippen molar-refractivity contribution in [2.24, 2.45) is 4.99 Å². The predicted molar refractivity (Wildman–Crippen MR) is 148 cm³/mol. The van der Waals surface area contributed by atoms with E-state index in [4.69, 9.17) is 9.98 Å². The molecular weight excluding hydrogens is 506 g/mol. The van der Waals surface area contributed by atoms with E-state index in [2.05, 4.69) is 50.3 Å². The molecule has 2 fully saturated rings. The number of anilines is 1. The van der Waals surface area contributed by atoms with Gasteiger partial charge in [0.1, 0.15) is 0 Å². The highest BCUT2D eigenvalue weighted by molar-refractivity contribution is 8.01. The molecule has 37 heavy (non-hydrogen) atoms. The Hall–Kier alpha value is -3.31. The number of piperazine rings is 1. The second-order valence-corrected chi connectivity index (χ2v) is 11.7. The van der Waals surface area contributed by atoms with Gasteiger partial charge in [-0.25, -0.2) is 14.8 Å². The highest BCUT2D eigenvalue weighted by Gasteiger charge is 2.49. The molecule has 0 saturated carbocycles. The first-order valence-electron chi connectivity index (χ1n) is 12.5. The summed E-state index contributed by atoms with van der Waals surface area (Å²) in [6.45, 7) is 4.06. The number of amides is 3. The van der Waals surface area contributed by atoms with Gasteiger partial charge in [0.2, 0.25) is 0 Å². The number of thioether (sulfide) groups is 1. The van der Waals surface area contributed by atoms with Crippen molar-refractivity contribution in [3.63, 3.8) is 0 Å². The Balaban J connectivity index is 1.14. The van der Waals surface area contributed by atoms with Gasteiger partial charge >= 0.3 is 6.03 Å². The van der Waals surface area contributed by atoms with Crippen molar-refractivity contribution < 1.29 is 9.59 Å². The third-order valence-corrected chi connectivity index (χ3v) is 9.33. The van der Waals surface area contributed by atoms with Crippen molar-refractivity contribution in [1.29, 1.82) is 0 Å². The Kier molecular flexibility index (Phi) is 6.64. The van der Waals surface area contributed by atoms with E-state index in [-0.39, 0.29) is 5.91 Å². The van der Waals surface area contributed by atoms with Gasteiger partial charge in [-0.2, -0.15) is 0 Å². The first-order valence-corrected chi connectivity index (χ1v) is 14.3. The van der Waals surface area contributed by atoms with Crippen LogP contribution < -0.4 is 10.2 Å². The molecule has 2 atom stereocenters. The lowest BCUT2D eigenvalue weighted by Crippen LogP contribution is -2.64. The van der Waals surface area contributed by atoms with Gasteiger partial charge in [-0.3, -0.25) is 10.1 Å². The molecular formula is C26H29N7O2S2. The number of likely N-dealkylation sites (N-methyl/N-ethyl adjacent to an activating group) is 1. The fourth-order valence-electron chi connectivity index (χ4n) is 5.12. The molecule has 4 heterocycles. The van der Waals surface area contributed by atoms with Crippen molar-refractivity contribution in [3.05, 3.63) is 54.6 Å². The molecule has 9 nitrogen and oxygen atoms in total. The fourth-order valence-corrected chi connectivity index (χ4v) is 7.19. The van der Waals surface area contributed by atoms with Crippen molar-refractivity contribution in [3.8, 4) is 0 Å². The number of carbonyl (C=O) groups is 2. The summed E-state index contributed by atoms with van der Waals surface area (Å²) in [5, 5.41) is 2.51. The molecule has 1 N–H and O–H groups in total. The Labute approximate surface area is 224 Å². The lowest BCUT2D eigenvalue weighted by atomic mass is 10.1. The average molecular weight is 536 g/mol. The topological polar surface area (TPSA) is 84.4 Å². The Morgan fingerprint density at radius 2 is 1.73 bits per heavy atom. The number of carbonyl (C=O) groups excluding carboxylic acids is 2. The van der Waals surface area contributed by atoms with E-state index in [1.54, 1.807) is 35.0 Å². The van der Waals surface area contributed by atoms with Gasteiger partial charge in [-0.1, -0.05) is 42.1 Å². The zero-order chi connectivity index (χ0) is 25.4. The summed E-state index contributed by atoms with van der Waals surface area (Å²) in [6.07, 6.45) is 0.373. The van der Waals surface area contributed by atoms with Crippen LogP contribution in [0.4, 0.5) is 10.5 Å². The van der Waals surface area contributed by atoms with Crippen LogP contribution in [0.3, 0.4) is 0 Å². The van der Waals surface area contributed by atoms with Gasteiger partial charge in [0.25, 0.3) is 5.91 Å². The minimum Gasteiger partial charge on any atom is -0.368 e. The summed E-state index contributed by atoms with van der Waals surface area (Å²) in [4.78, 5) is 43.2. The number of para-hydroxylation sites is 2. The quantitative estimate of drug-likeness (QED) is 0.384. The number of nitrogens with one attached hydrogen (secondary N) is 1. The molecule has 3 aliphatic rings. The Morgan fingerprint density at radius 1 is 1.00 bits per heavy atom. The Morgan fingerprint density at radius 3 is 2.51 bits per heavy atom. The molecule has 11 heteroatoms. The van der Waals surface area contributed by atoms with Crippen LogP contribution in [0.2, 0.25) is 0 Å².